The van der Waals surface area contributed by atoms with E-state index in [0.29, 0.717) is 16.9 Å². The van der Waals surface area contributed by atoms with Gasteiger partial charge in [0.15, 0.2) is 0 Å². The van der Waals surface area contributed by atoms with Crippen LogP contribution in [0.2, 0.25) is 0 Å². The first kappa shape index (κ1) is 17.9. The fourth-order valence-corrected chi connectivity index (χ4v) is 2.81. The highest BCUT2D eigenvalue weighted by Gasteiger charge is 2.32. The quantitative estimate of drug-likeness (QED) is 0.803. The van der Waals surface area contributed by atoms with Crippen molar-refractivity contribution in [2.24, 2.45) is 0 Å². The van der Waals surface area contributed by atoms with Crippen molar-refractivity contribution in [3.63, 3.8) is 0 Å². The fraction of sp³-hybridized carbons (Fsp3) is 0.353. The number of benzene rings is 1. The minimum atomic E-state index is -0.585. The maximum Gasteiger partial charge on any atom is 0.414 e. The number of rotatable bonds is 6. The highest BCUT2D eigenvalue weighted by atomic mass is 19.1. The van der Waals surface area contributed by atoms with E-state index in [1.165, 1.54) is 28.8 Å². The zero-order chi connectivity index (χ0) is 18.7. The van der Waals surface area contributed by atoms with E-state index in [0.717, 1.165) is 0 Å². The molecule has 0 bridgehead atoms. The van der Waals surface area contributed by atoms with Gasteiger partial charge in [-0.05, 0) is 24.3 Å². The summed E-state index contributed by atoms with van der Waals surface area (Å²) in [4.78, 5) is 24.3. The molecule has 9 heteroatoms. The van der Waals surface area contributed by atoms with E-state index in [1.807, 2.05) is 0 Å². The van der Waals surface area contributed by atoms with Crippen molar-refractivity contribution in [3.05, 3.63) is 36.3 Å². The lowest BCUT2D eigenvalue weighted by atomic mass is 10.1. The predicted molar refractivity (Wildman–Crippen MR) is 91.0 cm³/mol. The van der Waals surface area contributed by atoms with Crippen LogP contribution in [0.3, 0.4) is 0 Å². The highest BCUT2D eigenvalue weighted by Crippen LogP contribution is 2.29. The molecule has 2 N–H and O–H groups in total. The normalized spacial score (nSPS) is 16.7. The van der Waals surface area contributed by atoms with Crippen LogP contribution in [0.15, 0.2) is 30.5 Å². The molecule has 1 aromatic carbocycles. The molecule has 0 radical (unpaired) electrons. The van der Waals surface area contributed by atoms with Gasteiger partial charge in [-0.25, -0.2) is 9.18 Å². The first-order valence-corrected chi connectivity index (χ1v) is 8.14. The molecule has 0 unspecified atom stereocenters. The number of ether oxygens (including phenoxy) is 1. The maximum absolute atomic E-state index is 14.6. The molecule has 2 amide bonds. The van der Waals surface area contributed by atoms with Gasteiger partial charge in [0.2, 0.25) is 5.91 Å². The topological polar surface area (TPSA) is 96.7 Å². The Morgan fingerprint density at radius 3 is 2.96 bits per heavy atom. The Morgan fingerprint density at radius 1 is 1.46 bits per heavy atom. The zero-order valence-electron chi connectivity index (χ0n) is 14.2. The summed E-state index contributed by atoms with van der Waals surface area (Å²) in [5.41, 5.74) is 1.23. The lowest BCUT2D eigenvalue weighted by Gasteiger charge is -2.15. The Bertz CT molecular complexity index is 823. The summed E-state index contributed by atoms with van der Waals surface area (Å²) in [7, 11) is 0. The van der Waals surface area contributed by atoms with Crippen molar-refractivity contribution < 1.29 is 23.8 Å². The van der Waals surface area contributed by atoms with Gasteiger partial charge in [0.05, 0.1) is 37.6 Å². The number of cyclic esters (lactones) is 1. The van der Waals surface area contributed by atoms with Crippen LogP contribution in [0.5, 0.6) is 0 Å². The van der Waals surface area contributed by atoms with E-state index >= 15 is 0 Å². The molecule has 8 nitrogen and oxygen atoms in total. The third kappa shape index (κ3) is 3.67. The van der Waals surface area contributed by atoms with Crippen LogP contribution >= 0.6 is 0 Å². The van der Waals surface area contributed by atoms with E-state index in [2.05, 4.69) is 10.4 Å². The molecule has 138 valence electrons. The standard InChI is InChI=1S/C17H19FN4O4/c1-11(24)19-9-13-10-21(17(25)26-13)12-2-3-14(15(18)8-12)16-4-5-20-22(16)6-7-23/h2-5,8,13,23H,6-7,9-10H2,1H3,(H,19,24)/t13-/m0/s1. The number of halogens is 1. The van der Waals surface area contributed by atoms with E-state index in [9.17, 15) is 14.0 Å². The van der Waals surface area contributed by atoms with Crippen LogP contribution in [-0.2, 0) is 16.1 Å². The Balaban J connectivity index is 1.78. The van der Waals surface area contributed by atoms with Crippen molar-refractivity contribution in [2.45, 2.75) is 19.6 Å². The Morgan fingerprint density at radius 2 is 2.27 bits per heavy atom. The van der Waals surface area contributed by atoms with Crippen molar-refractivity contribution in [3.8, 4) is 11.3 Å². The lowest BCUT2D eigenvalue weighted by molar-refractivity contribution is -0.119. The number of carbonyl (C=O) groups excluding carboxylic acids is 2. The number of aromatic nitrogens is 2. The summed E-state index contributed by atoms with van der Waals surface area (Å²) in [6.45, 7) is 1.96. The number of hydrogen-bond donors (Lipinski definition) is 2. The minimum absolute atomic E-state index is 0.107. The van der Waals surface area contributed by atoms with Crippen molar-refractivity contribution in [1.29, 1.82) is 0 Å². The molecule has 2 heterocycles. The van der Waals surface area contributed by atoms with Crippen molar-refractivity contribution in [2.75, 3.05) is 24.6 Å². The van der Waals surface area contributed by atoms with Gasteiger partial charge in [-0.3, -0.25) is 14.4 Å². The highest BCUT2D eigenvalue weighted by molar-refractivity contribution is 5.90. The molecule has 0 spiro atoms. The van der Waals surface area contributed by atoms with Gasteiger partial charge in [0.25, 0.3) is 0 Å². The molecular formula is C17H19FN4O4. The van der Waals surface area contributed by atoms with Crippen LogP contribution in [0.25, 0.3) is 11.3 Å². The van der Waals surface area contributed by atoms with Gasteiger partial charge in [0, 0.05) is 18.7 Å². The van der Waals surface area contributed by atoms with E-state index < -0.39 is 18.0 Å². The van der Waals surface area contributed by atoms with Gasteiger partial charge in [-0.1, -0.05) is 0 Å². The molecular weight excluding hydrogens is 343 g/mol. The smallest absolute Gasteiger partial charge is 0.414 e. The molecule has 0 saturated carbocycles. The van der Waals surface area contributed by atoms with Crippen LogP contribution in [0.1, 0.15) is 6.92 Å². The zero-order valence-corrected chi connectivity index (χ0v) is 14.2. The summed E-state index contributed by atoms with van der Waals surface area (Å²) in [5, 5.41) is 15.7. The second-order valence-electron chi connectivity index (χ2n) is 5.88. The van der Waals surface area contributed by atoms with E-state index in [4.69, 9.17) is 9.84 Å². The molecule has 1 fully saturated rings. The van der Waals surface area contributed by atoms with Crippen LogP contribution < -0.4 is 10.2 Å². The number of nitrogens with zero attached hydrogens (tertiary/aromatic N) is 3. The number of amides is 2. The Kier molecular flexibility index (Phi) is 5.17. The monoisotopic (exact) mass is 362 g/mol. The molecule has 2 aromatic rings. The first-order chi connectivity index (χ1) is 12.5. The number of hydrogen-bond acceptors (Lipinski definition) is 5. The molecule has 26 heavy (non-hydrogen) atoms. The SMILES string of the molecule is CC(=O)NC[C@H]1CN(c2ccc(-c3ccnn3CCO)c(F)c2)C(=O)O1. The van der Waals surface area contributed by atoms with Gasteiger partial charge in [-0.2, -0.15) is 5.10 Å². The lowest BCUT2D eigenvalue weighted by Crippen LogP contribution is -2.33. The van der Waals surface area contributed by atoms with Crippen molar-refractivity contribution in [1.82, 2.24) is 15.1 Å². The van der Waals surface area contributed by atoms with Gasteiger partial charge >= 0.3 is 6.09 Å². The molecule has 1 aliphatic rings. The third-order valence-electron chi connectivity index (χ3n) is 4.02. The molecule has 1 aromatic heterocycles. The number of carbonyl (C=O) groups is 2. The summed E-state index contributed by atoms with van der Waals surface area (Å²) < 4.78 is 21.3. The maximum atomic E-state index is 14.6. The number of aliphatic hydroxyl groups excluding tert-OH is 1. The van der Waals surface area contributed by atoms with E-state index in [-0.39, 0.29) is 32.1 Å². The molecule has 1 saturated heterocycles. The van der Waals surface area contributed by atoms with Gasteiger partial charge < -0.3 is 15.2 Å². The second-order valence-corrected chi connectivity index (χ2v) is 5.88. The second kappa shape index (κ2) is 7.52. The number of nitrogens with one attached hydrogen (secondary N) is 1. The van der Waals surface area contributed by atoms with Crippen LogP contribution in [0, 0.1) is 5.82 Å². The molecule has 3 rings (SSSR count). The summed E-state index contributed by atoms with van der Waals surface area (Å²) in [5.74, 6) is -0.727. The Labute approximate surface area is 149 Å². The fourth-order valence-electron chi connectivity index (χ4n) is 2.81. The predicted octanol–water partition coefficient (Wildman–Crippen LogP) is 1.14. The number of anilines is 1. The minimum Gasteiger partial charge on any atom is -0.442 e. The van der Waals surface area contributed by atoms with Gasteiger partial charge in [0.1, 0.15) is 11.9 Å². The summed E-state index contributed by atoms with van der Waals surface area (Å²) in [6.07, 6.45) is 0.459. The van der Waals surface area contributed by atoms with Crippen LogP contribution in [0.4, 0.5) is 14.9 Å². The summed E-state index contributed by atoms with van der Waals surface area (Å²) in [6, 6.07) is 6.09. The van der Waals surface area contributed by atoms with Gasteiger partial charge in [-0.15, -0.1) is 0 Å². The Hall–Kier alpha value is -2.94. The molecule has 0 aliphatic carbocycles. The first-order valence-electron chi connectivity index (χ1n) is 8.14. The average Bonchev–Trinajstić information content (AvgIpc) is 3.20. The molecule has 1 atom stereocenters. The summed E-state index contributed by atoms with van der Waals surface area (Å²) >= 11 is 0. The number of aliphatic hydroxyl groups is 1. The van der Waals surface area contributed by atoms with E-state index in [1.54, 1.807) is 18.2 Å². The molecule has 1 aliphatic heterocycles. The van der Waals surface area contributed by atoms with Crippen molar-refractivity contribution >= 4 is 17.7 Å². The largest absolute Gasteiger partial charge is 0.442 e. The third-order valence-corrected chi connectivity index (χ3v) is 4.02. The van der Waals surface area contributed by atoms with Crippen LogP contribution in [-0.4, -0.2) is 52.7 Å². The average molecular weight is 362 g/mol.